The number of aromatic nitrogens is 1. The van der Waals surface area contributed by atoms with Gasteiger partial charge in [0.1, 0.15) is 11.6 Å². The van der Waals surface area contributed by atoms with Gasteiger partial charge in [0, 0.05) is 12.7 Å². The van der Waals surface area contributed by atoms with Crippen molar-refractivity contribution < 1.29 is 14.8 Å². The van der Waals surface area contributed by atoms with E-state index in [1.165, 1.54) is 12.3 Å². The van der Waals surface area contributed by atoms with E-state index in [-0.39, 0.29) is 17.1 Å². The molecule has 0 fully saturated rings. The number of nitro groups is 1. The quantitative estimate of drug-likeness (QED) is 0.441. The molecule has 1 aromatic rings. The van der Waals surface area contributed by atoms with Crippen molar-refractivity contribution in [3.05, 3.63) is 27.9 Å². The zero-order valence-corrected chi connectivity index (χ0v) is 10.9. The van der Waals surface area contributed by atoms with Gasteiger partial charge in [-0.05, 0) is 18.9 Å². The molecule has 0 amide bonds. The molecule has 8 heteroatoms. The molecule has 1 rings (SSSR count). The van der Waals surface area contributed by atoms with E-state index in [4.69, 9.17) is 10.4 Å². The Morgan fingerprint density at radius 2 is 2.40 bits per heavy atom. The van der Waals surface area contributed by atoms with Crippen molar-refractivity contribution in [3.63, 3.8) is 0 Å². The molecule has 1 aromatic heterocycles. The lowest BCUT2D eigenvalue weighted by Gasteiger charge is -2.08. The third kappa shape index (κ3) is 3.91. The predicted octanol–water partition coefficient (Wildman–Crippen LogP) is 1.77. The molecule has 1 heterocycles. The molecule has 1 atom stereocenters. The summed E-state index contributed by atoms with van der Waals surface area (Å²) < 4.78 is 0. The standard InChI is InChI=1S/C12H14N4O4/c1-8(12(17)18)3-2-5-14-11-10(16(19)20)9(7-13)4-6-15-11/h4,6,8H,2-3,5H2,1H3,(H,14,15)(H,17,18). The molecule has 0 radical (unpaired) electrons. The summed E-state index contributed by atoms with van der Waals surface area (Å²) in [6.45, 7) is 1.94. The van der Waals surface area contributed by atoms with E-state index < -0.39 is 16.8 Å². The minimum Gasteiger partial charge on any atom is -0.481 e. The lowest BCUT2D eigenvalue weighted by Crippen LogP contribution is -2.12. The number of carboxylic acids is 1. The minimum absolute atomic E-state index is 0.0250. The summed E-state index contributed by atoms with van der Waals surface area (Å²) in [6, 6.07) is 3.02. The second-order valence-corrected chi connectivity index (χ2v) is 4.23. The van der Waals surface area contributed by atoms with Gasteiger partial charge in [0.25, 0.3) is 0 Å². The number of nitrogens with zero attached hydrogens (tertiary/aromatic N) is 3. The Morgan fingerprint density at radius 1 is 1.70 bits per heavy atom. The van der Waals surface area contributed by atoms with E-state index in [1.807, 2.05) is 0 Å². The number of hydrogen-bond donors (Lipinski definition) is 2. The van der Waals surface area contributed by atoms with Crippen LogP contribution in [0.25, 0.3) is 0 Å². The molecule has 2 N–H and O–H groups in total. The summed E-state index contributed by atoms with van der Waals surface area (Å²) in [6.07, 6.45) is 2.30. The predicted molar refractivity (Wildman–Crippen MR) is 70.1 cm³/mol. The minimum atomic E-state index is -0.874. The SMILES string of the molecule is CC(CCCNc1nccc(C#N)c1[N+](=O)[O-])C(=O)O. The largest absolute Gasteiger partial charge is 0.481 e. The van der Waals surface area contributed by atoms with Gasteiger partial charge in [-0.3, -0.25) is 14.9 Å². The van der Waals surface area contributed by atoms with Crippen LogP contribution in [0.3, 0.4) is 0 Å². The summed E-state index contributed by atoms with van der Waals surface area (Å²) >= 11 is 0. The molecule has 0 aliphatic heterocycles. The van der Waals surface area contributed by atoms with Crippen LogP contribution in [0.5, 0.6) is 0 Å². The number of nitriles is 1. The average molecular weight is 278 g/mol. The zero-order chi connectivity index (χ0) is 15.1. The first kappa shape index (κ1) is 15.4. The molecule has 0 aliphatic carbocycles. The van der Waals surface area contributed by atoms with Gasteiger partial charge < -0.3 is 10.4 Å². The smallest absolute Gasteiger partial charge is 0.328 e. The van der Waals surface area contributed by atoms with Crippen LogP contribution in [-0.4, -0.2) is 27.5 Å². The average Bonchev–Trinajstić information content (AvgIpc) is 2.42. The molecule has 0 spiro atoms. The maximum absolute atomic E-state index is 10.9. The molecule has 1 unspecified atom stereocenters. The topological polar surface area (TPSA) is 129 Å². The number of nitrogens with one attached hydrogen (secondary N) is 1. The van der Waals surface area contributed by atoms with Crippen LogP contribution in [0.4, 0.5) is 11.5 Å². The first-order valence-corrected chi connectivity index (χ1v) is 5.97. The normalized spacial score (nSPS) is 11.4. The van der Waals surface area contributed by atoms with Crippen molar-refractivity contribution >= 4 is 17.5 Å². The second kappa shape index (κ2) is 7.04. The lowest BCUT2D eigenvalue weighted by molar-refractivity contribution is -0.384. The molecule has 0 bridgehead atoms. The van der Waals surface area contributed by atoms with Crippen LogP contribution >= 0.6 is 0 Å². The van der Waals surface area contributed by atoms with Gasteiger partial charge >= 0.3 is 11.7 Å². The molecule has 20 heavy (non-hydrogen) atoms. The van der Waals surface area contributed by atoms with Gasteiger partial charge in [-0.25, -0.2) is 4.98 Å². The molecule has 0 saturated carbocycles. The van der Waals surface area contributed by atoms with Crippen LogP contribution in [0.2, 0.25) is 0 Å². The Labute approximate surface area is 115 Å². The Bertz CT molecular complexity index is 553. The van der Waals surface area contributed by atoms with E-state index in [0.717, 1.165) is 0 Å². The van der Waals surface area contributed by atoms with E-state index in [2.05, 4.69) is 10.3 Å². The number of aliphatic carboxylic acids is 1. The monoisotopic (exact) mass is 278 g/mol. The highest BCUT2D eigenvalue weighted by Gasteiger charge is 2.20. The van der Waals surface area contributed by atoms with Crippen molar-refractivity contribution in [1.82, 2.24) is 4.98 Å². The molecular formula is C12H14N4O4. The molecule has 0 aromatic carbocycles. The van der Waals surface area contributed by atoms with Crippen LogP contribution in [-0.2, 0) is 4.79 Å². The zero-order valence-electron chi connectivity index (χ0n) is 10.9. The van der Waals surface area contributed by atoms with E-state index in [0.29, 0.717) is 19.4 Å². The Hall–Kier alpha value is -2.69. The number of pyridine rings is 1. The van der Waals surface area contributed by atoms with Gasteiger partial charge in [0.05, 0.1) is 10.8 Å². The Morgan fingerprint density at radius 3 is 2.95 bits per heavy atom. The van der Waals surface area contributed by atoms with Gasteiger partial charge in [0.15, 0.2) is 0 Å². The maximum atomic E-state index is 10.9. The van der Waals surface area contributed by atoms with E-state index in [1.54, 1.807) is 13.0 Å². The second-order valence-electron chi connectivity index (χ2n) is 4.23. The fraction of sp³-hybridized carbons (Fsp3) is 0.417. The maximum Gasteiger partial charge on any atom is 0.328 e. The number of carboxylic acid groups (broad SMARTS) is 1. The Kier molecular flexibility index (Phi) is 5.41. The van der Waals surface area contributed by atoms with Gasteiger partial charge in [-0.15, -0.1) is 0 Å². The van der Waals surface area contributed by atoms with E-state index in [9.17, 15) is 14.9 Å². The van der Waals surface area contributed by atoms with Crippen LogP contribution < -0.4 is 5.32 Å². The first-order valence-electron chi connectivity index (χ1n) is 5.97. The number of carbonyl (C=O) groups is 1. The highest BCUT2D eigenvalue weighted by Crippen LogP contribution is 2.25. The summed E-state index contributed by atoms with van der Waals surface area (Å²) in [4.78, 5) is 24.7. The van der Waals surface area contributed by atoms with Gasteiger partial charge in [-0.2, -0.15) is 5.26 Å². The third-order valence-corrected chi connectivity index (χ3v) is 2.76. The lowest BCUT2D eigenvalue weighted by atomic mass is 10.1. The fourth-order valence-electron chi connectivity index (χ4n) is 1.60. The Balaban J connectivity index is 2.67. The number of hydrogen-bond acceptors (Lipinski definition) is 6. The summed E-state index contributed by atoms with van der Waals surface area (Å²) in [5.74, 6) is -1.32. The number of rotatable bonds is 7. The summed E-state index contributed by atoms with van der Waals surface area (Å²) in [7, 11) is 0. The van der Waals surface area contributed by atoms with Gasteiger partial charge in [0.2, 0.25) is 5.82 Å². The van der Waals surface area contributed by atoms with Crippen molar-refractivity contribution in [2.45, 2.75) is 19.8 Å². The summed E-state index contributed by atoms with van der Waals surface area (Å²) in [5, 5.41) is 31.2. The van der Waals surface area contributed by atoms with Crippen molar-refractivity contribution in [1.29, 1.82) is 5.26 Å². The van der Waals surface area contributed by atoms with Crippen LogP contribution in [0, 0.1) is 27.4 Å². The molecule has 0 saturated heterocycles. The van der Waals surface area contributed by atoms with Crippen molar-refractivity contribution in [3.8, 4) is 6.07 Å². The molecular weight excluding hydrogens is 264 g/mol. The highest BCUT2D eigenvalue weighted by atomic mass is 16.6. The van der Waals surface area contributed by atoms with Crippen LogP contribution in [0.15, 0.2) is 12.3 Å². The van der Waals surface area contributed by atoms with E-state index >= 15 is 0 Å². The first-order chi connectivity index (χ1) is 9.47. The molecule has 0 aliphatic rings. The molecule has 8 nitrogen and oxygen atoms in total. The fourth-order valence-corrected chi connectivity index (χ4v) is 1.60. The van der Waals surface area contributed by atoms with Crippen molar-refractivity contribution in [2.75, 3.05) is 11.9 Å². The molecule has 106 valence electrons. The summed E-state index contributed by atoms with van der Waals surface area (Å²) in [5.41, 5.74) is -0.423. The third-order valence-electron chi connectivity index (χ3n) is 2.76. The van der Waals surface area contributed by atoms with Crippen molar-refractivity contribution in [2.24, 2.45) is 5.92 Å². The highest BCUT2D eigenvalue weighted by molar-refractivity contribution is 5.69. The van der Waals surface area contributed by atoms with Gasteiger partial charge in [-0.1, -0.05) is 6.92 Å². The van der Waals surface area contributed by atoms with Crippen LogP contribution in [0.1, 0.15) is 25.3 Å². The number of anilines is 1.